The van der Waals surface area contributed by atoms with Crippen LogP contribution >= 0.6 is 0 Å². The van der Waals surface area contributed by atoms with Crippen LogP contribution in [0.5, 0.6) is 5.75 Å². The Hall–Kier alpha value is -2.16. The highest BCUT2D eigenvalue weighted by atomic mass is 16.5. The first-order valence-corrected chi connectivity index (χ1v) is 15.4. The third-order valence-electron chi connectivity index (χ3n) is 7.30. The van der Waals surface area contributed by atoms with E-state index in [0.29, 0.717) is 0 Å². The van der Waals surface area contributed by atoms with Crippen molar-refractivity contribution >= 4 is 11.4 Å². The Kier molecular flexibility index (Phi) is 17.5. The summed E-state index contributed by atoms with van der Waals surface area (Å²) in [6.07, 6.45) is 28.9. The molecule has 2 rings (SSSR count). The number of aryl methyl sites for hydroxylation is 1. The first-order valence-electron chi connectivity index (χ1n) is 15.4. The van der Waals surface area contributed by atoms with E-state index in [4.69, 9.17) is 9.73 Å². The van der Waals surface area contributed by atoms with Crippen LogP contribution in [-0.4, -0.2) is 17.3 Å². The summed E-state index contributed by atoms with van der Waals surface area (Å²) in [7, 11) is 0. The largest absolute Gasteiger partial charge is 0.494 e. The molecule has 0 fully saturated rings. The summed E-state index contributed by atoms with van der Waals surface area (Å²) in [6, 6.07) is 10.2. The SMILES string of the molecule is CCCCCCCCCCCCCCCCCCCCOc1ccc(N=C(C)c2cccnc2)c(C)c1. The molecule has 37 heavy (non-hydrogen) atoms. The number of unbranched alkanes of at least 4 members (excludes halogenated alkanes) is 17. The molecule has 0 saturated carbocycles. The highest BCUT2D eigenvalue weighted by molar-refractivity contribution is 6.00. The number of benzene rings is 1. The molecule has 2 aromatic rings. The number of aromatic nitrogens is 1. The maximum absolute atomic E-state index is 6.00. The van der Waals surface area contributed by atoms with Gasteiger partial charge in [0.1, 0.15) is 5.75 Å². The van der Waals surface area contributed by atoms with Crippen molar-refractivity contribution in [1.29, 1.82) is 0 Å². The number of hydrogen-bond acceptors (Lipinski definition) is 3. The average molecular weight is 507 g/mol. The van der Waals surface area contributed by atoms with Crippen molar-refractivity contribution in [2.24, 2.45) is 4.99 Å². The summed E-state index contributed by atoms with van der Waals surface area (Å²) in [4.78, 5) is 8.96. The maximum atomic E-state index is 6.00. The molecule has 1 heterocycles. The van der Waals surface area contributed by atoms with Crippen LogP contribution in [0.1, 0.15) is 141 Å². The Morgan fingerprint density at radius 1 is 0.730 bits per heavy atom. The highest BCUT2D eigenvalue weighted by Crippen LogP contribution is 2.25. The number of nitrogens with zero attached hydrogens (tertiary/aromatic N) is 2. The van der Waals surface area contributed by atoms with Crippen molar-refractivity contribution in [1.82, 2.24) is 4.98 Å². The smallest absolute Gasteiger partial charge is 0.119 e. The monoisotopic (exact) mass is 506 g/mol. The minimum absolute atomic E-state index is 0.801. The van der Waals surface area contributed by atoms with Gasteiger partial charge in [-0.25, -0.2) is 0 Å². The quantitative estimate of drug-likeness (QED) is 0.117. The molecule has 0 spiro atoms. The van der Waals surface area contributed by atoms with Crippen LogP contribution in [0, 0.1) is 6.92 Å². The Labute approximate surface area is 228 Å². The molecule has 3 heteroatoms. The molecule has 0 amide bonds. The van der Waals surface area contributed by atoms with Gasteiger partial charge < -0.3 is 4.74 Å². The second-order valence-corrected chi connectivity index (χ2v) is 10.7. The third kappa shape index (κ3) is 15.0. The Morgan fingerprint density at radius 2 is 1.27 bits per heavy atom. The van der Waals surface area contributed by atoms with E-state index in [2.05, 4.69) is 31.0 Å². The van der Waals surface area contributed by atoms with Crippen molar-refractivity contribution in [3.63, 3.8) is 0 Å². The molecular weight excluding hydrogens is 452 g/mol. The van der Waals surface area contributed by atoms with Gasteiger partial charge in [-0.15, -0.1) is 0 Å². The molecule has 0 bridgehead atoms. The van der Waals surface area contributed by atoms with Gasteiger partial charge in [-0.1, -0.05) is 122 Å². The van der Waals surface area contributed by atoms with E-state index in [0.717, 1.165) is 41.3 Å². The summed E-state index contributed by atoms with van der Waals surface area (Å²) in [5.41, 5.74) is 4.15. The van der Waals surface area contributed by atoms with Gasteiger partial charge >= 0.3 is 0 Å². The molecule has 1 aromatic carbocycles. The minimum atomic E-state index is 0.801. The molecule has 0 N–H and O–H groups in total. The number of hydrogen-bond donors (Lipinski definition) is 0. The standard InChI is InChI=1S/C34H54N2O/c1-4-5-6-7-8-9-10-11-12-13-14-15-16-17-18-19-20-21-27-37-33-24-25-34(30(2)28-33)36-31(3)32-23-22-26-35-29-32/h22-26,28-29H,4-21,27H2,1-3H3. The van der Waals surface area contributed by atoms with Gasteiger partial charge in [-0.3, -0.25) is 9.98 Å². The third-order valence-corrected chi connectivity index (χ3v) is 7.30. The van der Waals surface area contributed by atoms with Crippen molar-refractivity contribution < 1.29 is 4.74 Å². The topological polar surface area (TPSA) is 34.5 Å². The molecule has 0 aliphatic rings. The summed E-state index contributed by atoms with van der Waals surface area (Å²) in [5, 5.41) is 0. The first kappa shape index (κ1) is 31.1. The Balaban J connectivity index is 1.41. The van der Waals surface area contributed by atoms with Crippen LogP contribution in [0.2, 0.25) is 0 Å². The molecule has 1 aromatic heterocycles. The van der Waals surface area contributed by atoms with E-state index in [-0.39, 0.29) is 0 Å². The first-order chi connectivity index (χ1) is 18.2. The van der Waals surface area contributed by atoms with Crippen LogP contribution < -0.4 is 4.74 Å². The average Bonchev–Trinajstić information content (AvgIpc) is 2.92. The summed E-state index contributed by atoms with van der Waals surface area (Å²) in [6.45, 7) is 7.22. The van der Waals surface area contributed by atoms with Gasteiger partial charge in [0, 0.05) is 23.7 Å². The van der Waals surface area contributed by atoms with Crippen LogP contribution in [0.25, 0.3) is 0 Å². The Morgan fingerprint density at radius 3 is 1.76 bits per heavy atom. The number of ether oxygens (including phenoxy) is 1. The maximum Gasteiger partial charge on any atom is 0.119 e. The second-order valence-electron chi connectivity index (χ2n) is 10.7. The molecule has 3 nitrogen and oxygen atoms in total. The summed E-state index contributed by atoms with van der Waals surface area (Å²) >= 11 is 0. The normalized spacial score (nSPS) is 11.7. The van der Waals surface area contributed by atoms with Crippen LogP contribution in [0.15, 0.2) is 47.7 Å². The lowest BCUT2D eigenvalue weighted by atomic mass is 10.0. The van der Waals surface area contributed by atoms with E-state index in [9.17, 15) is 0 Å². The second kappa shape index (κ2) is 20.8. The van der Waals surface area contributed by atoms with Crippen molar-refractivity contribution in [3.05, 3.63) is 53.9 Å². The molecule has 0 atom stereocenters. The van der Waals surface area contributed by atoms with E-state index in [1.807, 2.05) is 31.3 Å². The molecule has 206 valence electrons. The van der Waals surface area contributed by atoms with Gasteiger partial charge in [-0.2, -0.15) is 0 Å². The van der Waals surface area contributed by atoms with Gasteiger partial charge in [0.05, 0.1) is 12.3 Å². The molecule has 0 saturated heterocycles. The lowest BCUT2D eigenvalue weighted by Crippen LogP contribution is -1.98. The van der Waals surface area contributed by atoms with Gasteiger partial charge in [-0.05, 0) is 50.1 Å². The zero-order valence-corrected chi connectivity index (χ0v) is 24.3. The molecule has 0 aliphatic carbocycles. The highest BCUT2D eigenvalue weighted by Gasteiger charge is 2.03. The molecular formula is C34H54N2O. The zero-order chi connectivity index (χ0) is 26.4. The number of pyridine rings is 1. The van der Waals surface area contributed by atoms with Crippen molar-refractivity contribution in [2.75, 3.05) is 6.61 Å². The van der Waals surface area contributed by atoms with E-state index >= 15 is 0 Å². The number of aliphatic imine (C=N–C) groups is 1. The van der Waals surface area contributed by atoms with E-state index in [1.165, 1.54) is 109 Å². The fraction of sp³-hybridized carbons (Fsp3) is 0.647. The fourth-order valence-electron chi connectivity index (χ4n) is 4.86. The minimum Gasteiger partial charge on any atom is -0.494 e. The van der Waals surface area contributed by atoms with Gasteiger partial charge in [0.15, 0.2) is 0 Å². The Bertz CT molecular complexity index is 846. The zero-order valence-electron chi connectivity index (χ0n) is 24.3. The van der Waals surface area contributed by atoms with Crippen LogP contribution in [-0.2, 0) is 0 Å². The van der Waals surface area contributed by atoms with Crippen molar-refractivity contribution in [2.45, 2.75) is 136 Å². The molecule has 0 aliphatic heterocycles. The van der Waals surface area contributed by atoms with E-state index < -0.39 is 0 Å². The fourth-order valence-corrected chi connectivity index (χ4v) is 4.86. The lowest BCUT2D eigenvalue weighted by Gasteiger charge is -2.09. The van der Waals surface area contributed by atoms with Gasteiger partial charge in [0.25, 0.3) is 0 Å². The van der Waals surface area contributed by atoms with Gasteiger partial charge in [0.2, 0.25) is 0 Å². The van der Waals surface area contributed by atoms with Crippen molar-refractivity contribution in [3.8, 4) is 5.75 Å². The lowest BCUT2D eigenvalue weighted by molar-refractivity contribution is 0.304. The predicted octanol–water partition coefficient (Wildman–Crippen LogP) is 11.0. The molecule has 0 unspecified atom stereocenters. The van der Waals surface area contributed by atoms with Crippen LogP contribution in [0.4, 0.5) is 5.69 Å². The molecule has 0 radical (unpaired) electrons. The summed E-state index contributed by atoms with van der Waals surface area (Å²) in [5.74, 6) is 0.947. The number of rotatable bonds is 22. The van der Waals surface area contributed by atoms with Crippen LogP contribution in [0.3, 0.4) is 0 Å². The van der Waals surface area contributed by atoms with E-state index in [1.54, 1.807) is 6.20 Å². The summed E-state index contributed by atoms with van der Waals surface area (Å²) < 4.78 is 6.00. The predicted molar refractivity (Wildman–Crippen MR) is 162 cm³/mol.